The standard InChI is InChI=1S/C13H15FN2O4/c14-9-3-1-2-4-10(9)15-12(17)7-16-5-6-20-8-11(16)13(18)19/h1-4,11H,5-8H2,(H,15,17)(H,18,19). The first-order valence-corrected chi connectivity index (χ1v) is 6.17. The van der Waals surface area contributed by atoms with Crippen molar-refractivity contribution < 1.29 is 23.8 Å². The van der Waals surface area contributed by atoms with Gasteiger partial charge < -0.3 is 15.2 Å². The molecule has 0 spiro atoms. The van der Waals surface area contributed by atoms with E-state index in [0.29, 0.717) is 13.2 Å². The van der Waals surface area contributed by atoms with Crippen LogP contribution in [0, 0.1) is 5.82 Å². The van der Waals surface area contributed by atoms with Crippen LogP contribution in [0.2, 0.25) is 0 Å². The number of nitrogens with zero attached hydrogens (tertiary/aromatic N) is 1. The minimum atomic E-state index is -1.04. The van der Waals surface area contributed by atoms with Crippen LogP contribution in [0.1, 0.15) is 0 Å². The molecule has 1 aromatic rings. The van der Waals surface area contributed by atoms with Crippen LogP contribution in [0.25, 0.3) is 0 Å². The monoisotopic (exact) mass is 282 g/mol. The summed E-state index contributed by atoms with van der Waals surface area (Å²) in [6, 6.07) is 4.96. The van der Waals surface area contributed by atoms with Crippen LogP contribution in [-0.4, -0.2) is 54.2 Å². The number of anilines is 1. The van der Waals surface area contributed by atoms with E-state index >= 15 is 0 Å². The molecule has 1 saturated heterocycles. The quantitative estimate of drug-likeness (QED) is 0.843. The van der Waals surface area contributed by atoms with Crippen molar-refractivity contribution in [1.29, 1.82) is 0 Å². The van der Waals surface area contributed by atoms with Gasteiger partial charge in [0.05, 0.1) is 25.4 Å². The Morgan fingerprint density at radius 2 is 2.20 bits per heavy atom. The van der Waals surface area contributed by atoms with Gasteiger partial charge in [-0.1, -0.05) is 12.1 Å². The lowest BCUT2D eigenvalue weighted by atomic mass is 10.2. The van der Waals surface area contributed by atoms with Crippen LogP contribution in [0.3, 0.4) is 0 Å². The minimum Gasteiger partial charge on any atom is -0.480 e. The smallest absolute Gasteiger partial charge is 0.323 e. The molecule has 0 bridgehead atoms. The Balaban J connectivity index is 1.96. The third-order valence-corrected chi connectivity index (χ3v) is 3.02. The molecule has 2 N–H and O–H groups in total. The molecule has 1 aromatic carbocycles. The maximum Gasteiger partial charge on any atom is 0.323 e. The Morgan fingerprint density at radius 3 is 2.90 bits per heavy atom. The van der Waals surface area contributed by atoms with Crippen LogP contribution in [0.4, 0.5) is 10.1 Å². The van der Waals surface area contributed by atoms with Gasteiger partial charge in [-0.05, 0) is 12.1 Å². The number of para-hydroxylation sites is 1. The summed E-state index contributed by atoms with van der Waals surface area (Å²) in [4.78, 5) is 24.4. The molecule has 1 atom stereocenters. The van der Waals surface area contributed by atoms with Crippen molar-refractivity contribution in [2.75, 3.05) is 31.6 Å². The highest BCUT2D eigenvalue weighted by molar-refractivity contribution is 5.92. The number of carbonyl (C=O) groups excluding carboxylic acids is 1. The Hall–Kier alpha value is -1.99. The van der Waals surface area contributed by atoms with E-state index in [1.807, 2.05) is 0 Å². The van der Waals surface area contributed by atoms with Gasteiger partial charge in [0.1, 0.15) is 11.9 Å². The molecule has 1 heterocycles. The third-order valence-electron chi connectivity index (χ3n) is 3.02. The van der Waals surface area contributed by atoms with Crippen molar-refractivity contribution in [1.82, 2.24) is 4.90 Å². The highest BCUT2D eigenvalue weighted by Gasteiger charge is 2.30. The number of rotatable bonds is 4. The molecule has 1 amide bonds. The molecular weight excluding hydrogens is 267 g/mol. The summed E-state index contributed by atoms with van der Waals surface area (Å²) < 4.78 is 18.5. The van der Waals surface area contributed by atoms with Gasteiger partial charge >= 0.3 is 5.97 Å². The van der Waals surface area contributed by atoms with Crippen molar-refractivity contribution in [3.05, 3.63) is 30.1 Å². The molecule has 1 unspecified atom stereocenters. The number of benzene rings is 1. The summed E-state index contributed by atoms with van der Waals surface area (Å²) in [5.41, 5.74) is 0.0811. The fourth-order valence-corrected chi connectivity index (χ4v) is 1.99. The van der Waals surface area contributed by atoms with Crippen molar-refractivity contribution >= 4 is 17.6 Å². The number of amides is 1. The second-order valence-electron chi connectivity index (χ2n) is 4.43. The zero-order chi connectivity index (χ0) is 14.5. The molecule has 2 rings (SSSR count). The summed E-state index contributed by atoms with van der Waals surface area (Å²) >= 11 is 0. The number of hydrogen-bond acceptors (Lipinski definition) is 4. The fraction of sp³-hybridized carbons (Fsp3) is 0.385. The minimum absolute atomic E-state index is 0.0440. The Bertz CT molecular complexity index is 509. The van der Waals surface area contributed by atoms with Crippen LogP contribution in [0.15, 0.2) is 24.3 Å². The summed E-state index contributed by atoms with van der Waals surface area (Å²) in [6.07, 6.45) is 0. The zero-order valence-electron chi connectivity index (χ0n) is 10.7. The van der Waals surface area contributed by atoms with E-state index in [0.717, 1.165) is 0 Å². The van der Waals surface area contributed by atoms with Crippen molar-refractivity contribution in [3.8, 4) is 0 Å². The number of carboxylic acids is 1. The lowest BCUT2D eigenvalue weighted by Crippen LogP contribution is -2.52. The first-order valence-electron chi connectivity index (χ1n) is 6.17. The van der Waals surface area contributed by atoms with E-state index in [1.54, 1.807) is 6.07 Å². The molecule has 0 radical (unpaired) electrons. The second-order valence-corrected chi connectivity index (χ2v) is 4.43. The lowest BCUT2D eigenvalue weighted by Gasteiger charge is -2.32. The van der Waals surface area contributed by atoms with E-state index in [1.165, 1.54) is 23.1 Å². The molecule has 7 heteroatoms. The van der Waals surface area contributed by atoms with Gasteiger partial charge in [-0.15, -0.1) is 0 Å². The topological polar surface area (TPSA) is 78.9 Å². The maximum absolute atomic E-state index is 13.4. The number of carboxylic acid groups (broad SMARTS) is 1. The Morgan fingerprint density at radius 1 is 1.45 bits per heavy atom. The molecule has 1 aliphatic rings. The molecule has 6 nitrogen and oxygen atoms in total. The van der Waals surface area contributed by atoms with E-state index in [9.17, 15) is 14.0 Å². The average Bonchev–Trinajstić information content (AvgIpc) is 2.41. The van der Waals surface area contributed by atoms with Crippen LogP contribution in [-0.2, 0) is 14.3 Å². The molecule has 20 heavy (non-hydrogen) atoms. The predicted octanol–water partition coefficient (Wildman–Crippen LogP) is 0.550. The SMILES string of the molecule is O=C(CN1CCOCC1C(=O)O)Nc1ccccc1F. The number of aliphatic carboxylic acids is 1. The molecule has 1 aliphatic heterocycles. The van der Waals surface area contributed by atoms with Gasteiger partial charge in [-0.2, -0.15) is 0 Å². The second kappa shape index (κ2) is 6.44. The van der Waals surface area contributed by atoms with E-state index in [-0.39, 0.29) is 18.8 Å². The normalized spacial score (nSPS) is 19.6. The largest absolute Gasteiger partial charge is 0.480 e. The molecule has 1 fully saturated rings. The lowest BCUT2D eigenvalue weighted by molar-refractivity contribution is -0.150. The predicted molar refractivity (Wildman–Crippen MR) is 68.8 cm³/mol. The van der Waals surface area contributed by atoms with Gasteiger partial charge in [-0.25, -0.2) is 4.39 Å². The Labute approximate surface area is 115 Å². The molecular formula is C13H15FN2O4. The first-order chi connectivity index (χ1) is 9.58. The van der Waals surface area contributed by atoms with Crippen LogP contribution in [0.5, 0.6) is 0 Å². The number of carbonyl (C=O) groups is 2. The molecule has 0 saturated carbocycles. The first kappa shape index (κ1) is 14.4. The van der Waals surface area contributed by atoms with Gasteiger partial charge in [0.25, 0.3) is 0 Å². The van der Waals surface area contributed by atoms with Crippen LogP contribution >= 0.6 is 0 Å². The highest BCUT2D eigenvalue weighted by Crippen LogP contribution is 2.13. The average molecular weight is 282 g/mol. The number of nitrogens with one attached hydrogen (secondary N) is 1. The third kappa shape index (κ3) is 3.52. The number of ether oxygens (including phenoxy) is 1. The van der Waals surface area contributed by atoms with Crippen molar-refractivity contribution in [2.45, 2.75) is 6.04 Å². The number of morpholine rings is 1. The van der Waals surface area contributed by atoms with Crippen molar-refractivity contribution in [3.63, 3.8) is 0 Å². The Kier molecular flexibility index (Phi) is 4.65. The number of halogens is 1. The molecule has 0 aromatic heterocycles. The molecule has 0 aliphatic carbocycles. The summed E-state index contributed by atoms with van der Waals surface area (Å²) in [7, 11) is 0. The van der Waals surface area contributed by atoms with Gasteiger partial charge in [0.15, 0.2) is 0 Å². The molecule has 108 valence electrons. The van der Waals surface area contributed by atoms with Gasteiger partial charge in [-0.3, -0.25) is 14.5 Å². The van der Waals surface area contributed by atoms with Crippen molar-refractivity contribution in [2.24, 2.45) is 0 Å². The summed E-state index contributed by atoms with van der Waals surface area (Å²) in [5.74, 6) is -2.02. The van der Waals surface area contributed by atoms with Crippen LogP contribution < -0.4 is 5.32 Å². The summed E-state index contributed by atoms with van der Waals surface area (Å²) in [6.45, 7) is 0.648. The van der Waals surface area contributed by atoms with E-state index in [4.69, 9.17) is 9.84 Å². The maximum atomic E-state index is 13.4. The summed E-state index contributed by atoms with van der Waals surface area (Å²) in [5, 5.41) is 11.5. The van der Waals surface area contributed by atoms with E-state index < -0.39 is 23.7 Å². The van der Waals surface area contributed by atoms with E-state index in [2.05, 4.69) is 5.32 Å². The fourth-order valence-electron chi connectivity index (χ4n) is 1.99. The van der Waals surface area contributed by atoms with Gasteiger partial charge in [0.2, 0.25) is 5.91 Å². The highest BCUT2D eigenvalue weighted by atomic mass is 19.1. The zero-order valence-corrected chi connectivity index (χ0v) is 10.7. The number of hydrogen-bond donors (Lipinski definition) is 2. The van der Waals surface area contributed by atoms with Gasteiger partial charge in [0, 0.05) is 6.54 Å².